The van der Waals surface area contributed by atoms with Gasteiger partial charge in [-0.2, -0.15) is 0 Å². The number of carboxylic acids is 1. The highest BCUT2D eigenvalue weighted by Crippen LogP contribution is 2.22. The first-order valence-electron chi connectivity index (χ1n) is 8.75. The molecule has 2 aromatic rings. The number of benzene rings is 1. The predicted octanol–water partition coefficient (Wildman–Crippen LogP) is 3.46. The maximum atomic E-state index is 12.7. The van der Waals surface area contributed by atoms with E-state index in [4.69, 9.17) is 5.11 Å². The molecule has 1 aromatic carbocycles. The molecule has 0 aliphatic carbocycles. The van der Waals surface area contributed by atoms with Crippen molar-refractivity contribution in [1.82, 2.24) is 9.47 Å². The molecule has 1 fully saturated rings. The molecule has 0 atom stereocenters. The van der Waals surface area contributed by atoms with Gasteiger partial charge in [-0.3, -0.25) is 9.69 Å². The quantitative estimate of drug-likeness (QED) is 0.847. The number of hydrogen-bond acceptors (Lipinski definition) is 3. The van der Waals surface area contributed by atoms with Crippen LogP contribution in [0.4, 0.5) is 0 Å². The third kappa shape index (κ3) is 3.66. The van der Waals surface area contributed by atoms with E-state index in [0.29, 0.717) is 6.54 Å². The lowest BCUT2D eigenvalue weighted by Crippen LogP contribution is -2.34. The normalized spacial score (nSPS) is 15.3. The lowest BCUT2D eigenvalue weighted by atomic mass is 10.1. The van der Waals surface area contributed by atoms with Crippen LogP contribution in [0.25, 0.3) is 5.69 Å². The minimum Gasteiger partial charge on any atom is -0.478 e. The Hall–Kier alpha value is -2.40. The van der Waals surface area contributed by atoms with Gasteiger partial charge >= 0.3 is 5.97 Å². The third-order valence-electron chi connectivity index (χ3n) is 4.92. The second kappa shape index (κ2) is 7.23. The van der Waals surface area contributed by atoms with Crippen molar-refractivity contribution in [3.63, 3.8) is 0 Å². The zero-order valence-electron chi connectivity index (χ0n) is 14.8. The third-order valence-corrected chi connectivity index (χ3v) is 4.92. The second-order valence-corrected chi connectivity index (χ2v) is 6.73. The number of carboxylic acid groups (broad SMARTS) is 1. The fourth-order valence-electron chi connectivity index (χ4n) is 3.60. The van der Waals surface area contributed by atoms with E-state index < -0.39 is 5.97 Å². The number of hydrogen-bond donors (Lipinski definition) is 1. The molecular weight excluding hydrogens is 316 g/mol. The molecule has 0 unspecified atom stereocenters. The number of aryl methyl sites for hydroxylation is 1. The van der Waals surface area contributed by atoms with E-state index in [1.807, 2.05) is 24.5 Å². The van der Waals surface area contributed by atoms with Crippen molar-refractivity contribution in [1.29, 1.82) is 0 Å². The van der Waals surface area contributed by atoms with Crippen LogP contribution in [-0.4, -0.2) is 46.0 Å². The summed E-state index contributed by atoms with van der Waals surface area (Å²) in [5.74, 6) is -0.784. The van der Waals surface area contributed by atoms with Gasteiger partial charge in [0.25, 0.3) is 0 Å². The summed E-state index contributed by atoms with van der Waals surface area (Å²) in [5.41, 5.74) is 3.76. The summed E-state index contributed by atoms with van der Waals surface area (Å²) in [5, 5.41) is 9.03. The molecule has 0 spiro atoms. The van der Waals surface area contributed by atoms with Gasteiger partial charge in [-0.15, -0.1) is 0 Å². The van der Waals surface area contributed by atoms with Crippen LogP contribution >= 0.6 is 0 Å². The molecule has 2 heterocycles. The summed E-state index contributed by atoms with van der Waals surface area (Å²) >= 11 is 0. The van der Waals surface area contributed by atoms with Crippen LogP contribution in [0, 0.1) is 13.8 Å². The average molecular weight is 340 g/mol. The number of rotatable bonds is 5. The van der Waals surface area contributed by atoms with E-state index in [0.717, 1.165) is 35.7 Å². The molecule has 0 bridgehead atoms. The first kappa shape index (κ1) is 17.4. The molecule has 1 saturated heterocycles. The molecular formula is C20H24N2O3. The van der Waals surface area contributed by atoms with Crippen LogP contribution in [0.3, 0.4) is 0 Å². The number of carbonyl (C=O) groups excluding carboxylic acids is 1. The van der Waals surface area contributed by atoms with E-state index in [9.17, 15) is 9.59 Å². The zero-order chi connectivity index (χ0) is 18.0. The first-order valence-corrected chi connectivity index (χ1v) is 8.75. The number of aromatic carboxylic acids is 1. The lowest BCUT2D eigenvalue weighted by molar-refractivity contribution is 0.0696. The van der Waals surface area contributed by atoms with Crippen molar-refractivity contribution in [2.75, 3.05) is 19.6 Å². The van der Waals surface area contributed by atoms with Gasteiger partial charge in [0.05, 0.1) is 12.1 Å². The Morgan fingerprint density at radius 3 is 2.28 bits per heavy atom. The van der Waals surface area contributed by atoms with Crippen LogP contribution < -0.4 is 0 Å². The Morgan fingerprint density at radius 2 is 1.68 bits per heavy atom. The minimum atomic E-state index is -0.940. The van der Waals surface area contributed by atoms with Crippen LogP contribution in [0.15, 0.2) is 30.3 Å². The van der Waals surface area contributed by atoms with Gasteiger partial charge in [-0.1, -0.05) is 6.42 Å². The van der Waals surface area contributed by atoms with Gasteiger partial charge in [-0.25, -0.2) is 4.79 Å². The maximum absolute atomic E-state index is 12.7. The van der Waals surface area contributed by atoms with Crippen LogP contribution in [0.5, 0.6) is 0 Å². The van der Waals surface area contributed by atoms with Gasteiger partial charge in [-0.05, 0) is 70.1 Å². The van der Waals surface area contributed by atoms with Crippen molar-refractivity contribution in [3.05, 3.63) is 52.8 Å². The Kier molecular flexibility index (Phi) is 5.04. The smallest absolute Gasteiger partial charge is 0.335 e. The highest BCUT2D eigenvalue weighted by molar-refractivity contribution is 5.99. The summed E-state index contributed by atoms with van der Waals surface area (Å²) in [4.78, 5) is 26.0. The van der Waals surface area contributed by atoms with Crippen molar-refractivity contribution < 1.29 is 14.7 Å². The molecule has 1 N–H and O–H groups in total. The van der Waals surface area contributed by atoms with Crippen molar-refractivity contribution in [3.8, 4) is 5.69 Å². The van der Waals surface area contributed by atoms with E-state index in [1.165, 1.54) is 19.3 Å². The molecule has 25 heavy (non-hydrogen) atoms. The number of nitrogens with zero attached hydrogens (tertiary/aromatic N) is 2. The minimum absolute atomic E-state index is 0.156. The molecule has 0 amide bonds. The van der Waals surface area contributed by atoms with Crippen molar-refractivity contribution in [2.45, 2.75) is 33.1 Å². The molecule has 0 radical (unpaired) electrons. The Labute approximate surface area is 147 Å². The largest absolute Gasteiger partial charge is 0.478 e. The van der Waals surface area contributed by atoms with Crippen molar-refractivity contribution in [2.24, 2.45) is 0 Å². The van der Waals surface area contributed by atoms with Crippen molar-refractivity contribution >= 4 is 11.8 Å². The Balaban J connectivity index is 1.84. The number of piperidine rings is 1. The number of aromatic nitrogens is 1. The van der Waals surface area contributed by atoms with Crippen LogP contribution in [-0.2, 0) is 0 Å². The predicted molar refractivity (Wildman–Crippen MR) is 96.8 cm³/mol. The van der Waals surface area contributed by atoms with Gasteiger partial charge in [0.15, 0.2) is 5.78 Å². The molecule has 1 aliphatic rings. The summed E-state index contributed by atoms with van der Waals surface area (Å²) in [6.45, 7) is 6.39. The van der Waals surface area contributed by atoms with E-state index >= 15 is 0 Å². The summed E-state index contributed by atoms with van der Waals surface area (Å²) < 4.78 is 2.01. The maximum Gasteiger partial charge on any atom is 0.335 e. The number of carbonyl (C=O) groups is 2. The Bertz CT molecular complexity index is 784. The molecule has 0 saturated carbocycles. The molecule has 1 aromatic heterocycles. The topological polar surface area (TPSA) is 62.5 Å². The summed E-state index contributed by atoms with van der Waals surface area (Å²) in [6.07, 6.45) is 3.59. The van der Waals surface area contributed by atoms with Crippen LogP contribution in [0.2, 0.25) is 0 Å². The zero-order valence-corrected chi connectivity index (χ0v) is 14.8. The fraction of sp³-hybridized carbons (Fsp3) is 0.400. The van der Waals surface area contributed by atoms with Gasteiger partial charge in [0.2, 0.25) is 0 Å². The number of ketones is 1. The van der Waals surface area contributed by atoms with E-state index in [2.05, 4.69) is 4.90 Å². The standard InChI is InChI=1S/C20H24N2O3/c1-14-12-18(19(23)13-21-10-4-3-5-11-21)15(2)22(14)17-8-6-16(7-9-17)20(24)25/h6-9,12H,3-5,10-11,13H2,1-2H3,(H,24,25). The highest BCUT2D eigenvalue weighted by atomic mass is 16.4. The molecule has 5 nitrogen and oxygen atoms in total. The number of likely N-dealkylation sites (tertiary alicyclic amines) is 1. The van der Waals surface area contributed by atoms with Gasteiger partial charge in [0, 0.05) is 22.6 Å². The number of Topliss-reactive ketones (excluding diaryl/α,β-unsaturated/α-hetero) is 1. The van der Waals surface area contributed by atoms with E-state index in [-0.39, 0.29) is 11.3 Å². The molecule has 1 aliphatic heterocycles. The molecule has 5 heteroatoms. The monoisotopic (exact) mass is 340 g/mol. The second-order valence-electron chi connectivity index (χ2n) is 6.73. The average Bonchev–Trinajstić information content (AvgIpc) is 2.90. The first-order chi connectivity index (χ1) is 12.0. The summed E-state index contributed by atoms with van der Waals surface area (Å²) in [6, 6.07) is 8.68. The van der Waals surface area contributed by atoms with Gasteiger partial charge in [0.1, 0.15) is 0 Å². The molecule has 132 valence electrons. The molecule has 3 rings (SSSR count). The lowest BCUT2D eigenvalue weighted by Gasteiger charge is -2.25. The summed E-state index contributed by atoms with van der Waals surface area (Å²) in [7, 11) is 0. The Morgan fingerprint density at radius 1 is 1.04 bits per heavy atom. The van der Waals surface area contributed by atoms with E-state index in [1.54, 1.807) is 24.3 Å². The van der Waals surface area contributed by atoms with Crippen LogP contribution in [0.1, 0.15) is 51.4 Å². The SMILES string of the molecule is Cc1cc(C(=O)CN2CCCCC2)c(C)n1-c1ccc(C(=O)O)cc1. The highest BCUT2D eigenvalue weighted by Gasteiger charge is 2.20. The fourth-order valence-corrected chi connectivity index (χ4v) is 3.60. The van der Waals surface area contributed by atoms with Gasteiger partial charge < -0.3 is 9.67 Å².